The Balaban J connectivity index is 0.000000224. The van der Waals surface area contributed by atoms with Crippen LogP contribution in [0.3, 0.4) is 0 Å². The number of alkyl halides is 6. The molecule has 0 amide bonds. The highest BCUT2D eigenvalue weighted by molar-refractivity contribution is 7.89. The molecule has 1 N–H and O–H groups in total. The quantitative estimate of drug-likeness (QED) is 0.0418. The second-order valence-corrected chi connectivity index (χ2v) is 26.7. The van der Waals surface area contributed by atoms with Crippen molar-refractivity contribution < 1.29 is 73.3 Å². The summed E-state index contributed by atoms with van der Waals surface area (Å²) in [4.78, 5) is 5.40. The number of likely N-dealkylation sites (tertiary alicyclic amines) is 1. The molecule has 0 aromatic heterocycles. The van der Waals surface area contributed by atoms with E-state index in [2.05, 4.69) is 10.2 Å². The Labute approximate surface area is 503 Å². The number of sulfonamides is 2. The molecule has 2 aliphatic rings. The average Bonchev–Trinajstić information content (AvgIpc) is 2.32. The van der Waals surface area contributed by atoms with Crippen LogP contribution in [0.2, 0.25) is 0 Å². The summed E-state index contributed by atoms with van der Waals surface area (Å²) in [6.45, 7) is 11.4. The number of benzene rings is 6. The van der Waals surface area contributed by atoms with Gasteiger partial charge in [0.05, 0.1) is 33.8 Å². The maximum atomic E-state index is 13.5. The minimum absolute atomic E-state index is 0.0394. The molecule has 6 aromatic carbocycles. The molecule has 0 aliphatic carbocycles. The van der Waals surface area contributed by atoms with Crippen molar-refractivity contribution >= 4 is 52.9 Å². The van der Waals surface area contributed by atoms with Gasteiger partial charge in [-0.15, -0.1) is 0 Å². The zero-order chi connectivity index (χ0) is 63.9. The summed E-state index contributed by atoms with van der Waals surface area (Å²) >= 11 is 0. The zero-order valence-electron chi connectivity index (χ0n) is 48.7. The molecule has 2 fully saturated rings. The first-order chi connectivity index (χ1) is 40.8. The Morgan fingerprint density at radius 2 is 0.839 bits per heavy atom. The summed E-state index contributed by atoms with van der Waals surface area (Å²) in [5.74, 6) is -1.40. The minimum Gasteiger partial charge on any atom is -0.341 e. The Morgan fingerprint density at radius 1 is 0.506 bits per heavy atom. The first kappa shape index (κ1) is 70.0. The molecule has 0 radical (unpaired) electrons. The fourth-order valence-corrected chi connectivity index (χ4v) is 14.6. The molecule has 0 unspecified atom stereocenters. The van der Waals surface area contributed by atoms with Crippen molar-refractivity contribution in [2.24, 2.45) is 0 Å². The summed E-state index contributed by atoms with van der Waals surface area (Å²) in [7, 11) is -11.6. The van der Waals surface area contributed by atoms with Gasteiger partial charge in [0.1, 0.15) is 23.3 Å². The molecule has 8 rings (SSSR count). The lowest BCUT2D eigenvalue weighted by molar-refractivity contribution is -0.138. The maximum absolute atomic E-state index is 13.5. The third-order valence-electron chi connectivity index (χ3n) is 14.3. The highest BCUT2D eigenvalue weighted by Gasteiger charge is 2.39. The van der Waals surface area contributed by atoms with Crippen molar-refractivity contribution in [2.75, 3.05) is 68.5 Å². The molecule has 87 heavy (non-hydrogen) atoms. The van der Waals surface area contributed by atoms with Gasteiger partial charge in [-0.2, -0.15) is 43.4 Å². The van der Waals surface area contributed by atoms with E-state index in [1.165, 1.54) is 69.3 Å². The molecule has 2 aliphatic heterocycles. The van der Waals surface area contributed by atoms with Crippen LogP contribution >= 0.6 is 0 Å². The van der Waals surface area contributed by atoms with E-state index < -0.39 is 59.7 Å². The molecule has 476 valence electrons. The van der Waals surface area contributed by atoms with Crippen molar-refractivity contribution in [3.05, 3.63) is 180 Å². The predicted molar refractivity (Wildman–Crippen MR) is 316 cm³/mol. The molecule has 26 heteroatoms. The largest absolute Gasteiger partial charge is 0.416 e. The van der Waals surface area contributed by atoms with Crippen LogP contribution in [0.5, 0.6) is 0 Å². The van der Waals surface area contributed by atoms with Gasteiger partial charge in [-0.1, -0.05) is 12.1 Å². The van der Waals surface area contributed by atoms with Crippen molar-refractivity contribution in [3.8, 4) is 0 Å². The van der Waals surface area contributed by atoms with E-state index in [4.69, 9.17) is 4.18 Å². The van der Waals surface area contributed by atoms with Gasteiger partial charge in [-0.25, -0.2) is 34.4 Å². The maximum Gasteiger partial charge on any atom is 0.416 e. The first-order valence-corrected chi connectivity index (χ1v) is 32.8. The van der Waals surface area contributed by atoms with Gasteiger partial charge in [0, 0.05) is 60.0 Å². The third-order valence-corrected chi connectivity index (χ3v) is 19.2. The van der Waals surface area contributed by atoms with E-state index in [1.807, 2.05) is 9.80 Å². The molecule has 0 bridgehead atoms. The van der Waals surface area contributed by atoms with E-state index in [0.717, 1.165) is 66.2 Å². The molecule has 0 spiro atoms. The molecule has 0 atom stereocenters. The summed E-state index contributed by atoms with van der Waals surface area (Å²) in [5, 5.41) is 3.16. The van der Waals surface area contributed by atoms with Crippen molar-refractivity contribution in [3.63, 3.8) is 0 Å². The van der Waals surface area contributed by atoms with Crippen molar-refractivity contribution in [1.82, 2.24) is 18.8 Å². The summed E-state index contributed by atoms with van der Waals surface area (Å²) in [6, 6.07) is 30.6. The number of nitrogens with one attached hydrogen (secondary N) is 1. The zero-order valence-corrected chi connectivity index (χ0v) is 51.1. The van der Waals surface area contributed by atoms with Crippen molar-refractivity contribution in [1.29, 1.82) is 0 Å². The fraction of sp³-hybridized carbons (Fsp3) is 0.410. The van der Waals surface area contributed by atoms with Gasteiger partial charge in [-0.05, 0) is 232 Å². The number of rotatable bonds is 21. The Morgan fingerprint density at radius 3 is 1.16 bits per heavy atom. The van der Waals surface area contributed by atoms with E-state index in [1.54, 1.807) is 76.2 Å². The topological polar surface area (TPSA) is 140 Å². The number of hydrogen-bond acceptors (Lipinski definition) is 11. The Bertz CT molecular complexity index is 3370. The van der Waals surface area contributed by atoms with Crippen LogP contribution in [0.1, 0.15) is 77.3 Å². The van der Waals surface area contributed by atoms with Gasteiger partial charge in [0.2, 0.25) is 20.0 Å². The van der Waals surface area contributed by atoms with E-state index >= 15 is 0 Å². The lowest BCUT2D eigenvalue weighted by Gasteiger charge is -2.40. The van der Waals surface area contributed by atoms with E-state index in [9.17, 15) is 69.2 Å². The summed E-state index contributed by atoms with van der Waals surface area (Å²) in [5.41, 5.74) is 1.06. The van der Waals surface area contributed by atoms with E-state index in [0.29, 0.717) is 83.5 Å². The third kappa shape index (κ3) is 20.5. The Kier molecular flexibility index (Phi) is 24.8. The summed E-state index contributed by atoms with van der Waals surface area (Å²) in [6.07, 6.45) is -4.63. The van der Waals surface area contributed by atoms with Gasteiger partial charge in [0.15, 0.2) is 0 Å². The summed E-state index contributed by atoms with van der Waals surface area (Å²) < 4.78 is 214. The minimum atomic E-state index is -4.64. The van der Waals surface area contributed by atoms with Crippen LogP contribution in [-0.2, 0) is 46.7 Å². The SMILES string of the molecule is CC(C)N(C1CCN(CCCN(c2ccc(F)cc2)c2ccc(F)cc2)CC1)S(=O)(=O)c1cccc(C(F)(F)F)c1.CC(C)N(C1CCNCC1)S(=O)(=O)c1cccc(C(F)(F)F)c1.CS(=O)(=O)OCCCN(c1ccc(F)cc1)c1ccc(F)cc1. The molecule has 6 aromatic rings. The molecular weight excluding hydrogens is 1210 g/mol. The van der Waals surface area contributed by atoms with Crippen LogP contribution in [-0.4, -0.2) is 122 Å². The number of nitrogens with zero attached hydrogens (tertiary/aromatic N) is 5. The molecule has 13 nitrogen and oxygen atoms in total. The number of hydrogen-bond donors (Lipinski definition) is 1. The molecular formula is C61H72F10N6O7S3. The number of halogens is 10. The number of anilines is 4. The predicted octanol–water partition coefficient (Wildman–Crippen LogP) is 13.4. The fourth-order valence-electron chi connectivity index (χ4n) is 10.3. The monoisotopic (exact) mass is 1290 g/mol. The van der Waals surface area contributed by atoms with Crippen LogP contribution in [0.25, 0.3) is 0 Å². The van der Waals surface area contributed by atoms with Crippen LogP contribution in [0.15, 0.2) is 155 Å². The average molecular weight is 1290 g/mol. The van der Waals surface area contributed by atoms with Crippen LogP contribution in [0, 0.1) is 23.3 Å². The lowest BCUT2D eigenvalue weighted by atomic mass is 10.0. The van der Waals surface area contributed by atoms with Crippen LogP contribution < -0.4 is 15.1 Å². The van der Waals surface area contributed by atoms with Crippen LogP contribution in [0.4, 0.5) is 66.7 Å². The van der Waals surface area contributed by atoms with Crippen molar-refractivity contribution in [2.45, 2.75) is 113 Å². The highest BCUT2D eigenvalue weighted by Crippen LogP contribution is 2.36. The van der Waals surface area contributed by atoms with E-state index in [-0.39, 0.29) is 57.8 Å². The normalized spacial score (nSPS) is 15.1. The second-order valence-electron chi connectivity index (χ2n) is 21.4. The van der Waals surface area contributed by atoms with Gasteiger partial charge in [-0.3, -0.25) is 4.18 Å². The second kappa shape index (κ2) is 30.9. The molecule has 0 saturated carbocycles. The molecule has 2 saturated heterocycles. The molecule has 2 heterocycles. The standard InChI is InChI=1S/C30H34F5N3O2S.C16H17F2NO3S.C15H21F3N2O2S/c1-22(2)38(41(39,40)29-6-3-5-23(21-29)30(33,34)35)28-15-19-36(20-16-28)17-4-18-37(26-11-7-24(31)8-12-26)27-13-9-25(32)10-14-27;1-23(20,21)22-12-2-11-19(15-7-3-13(17)4-8-15)16-9-5-14(18)6-10-16;1-11(2)20(13-6-8-19-9-7-13)23(21,22)14-5-3-4-12(10-14)15(16,17)18/h3,5-14,21-22,28H,4,15-20H2,1-2H3;3-10H,2,11-12H2,1H3;3-5,10-11,13,19H,6-9H2,1-2H3. The van der Waals surface area contributed by atoms with Gasteiger partial charge >= 0.3 is 12.4 Å². The first-order valence-electron chi connectivity index (χ1n) is 28.1. The highest BCUT2D eigenvalue weighted by atomic mass is 32.2. The van der Waals surface area contributed by atoms with Gasteiger partial charge < -0.3 is 20.0 Å². The van der Waals surface area contributed by atoms with Gasteiger partial charge in [0.25, 0.3) is 10.1 Å². The Hall–Kier alpha value is -6.13. The number of piperidine rings is 2. The smallest absolute Gasteiger partial charge is 0.341 e. The lowest BCUT2D eigenvalue weighted by Crippen LogP contribution is -2.50.